The number of hydrogen-bond donors (Lipinski definition) is 1. The van der Waals surface area contributed by atoms with E-state index in [2.05, 4.69) is 46.0 Å². The van der Waals surface area contributed by atoms with Crippen LogP contribution in [0.4, 0.5) is 0 Å². The number of nitrogens with zero attached hydrogens (tertiary/aromatic N) is 3. The van der Waals surface area contributed by atoms with Crippen molar-refractivity contribution in [3.05, 3.63) is 144 Å². The van der Waals surface area contributed by atoms with Crippen LogP contribution in [0.2, 0.25) is 0 Å². The summed E-state index contributed by atoms with van der Waals surface area (Å²) >= 11 is 0. The Hall–Kier alpha value is -4.77. The SMILES string of the molecule is O=C(NCC/C(=C\c1ccccc1)c1ccccc1)c1nnn(Cc2ccccc2)c1-c1ccccc1. The molecule has 5 aromatic rings. The maximum absolute atomic E-state index is 13.3. The number of hydrogen-bond acceptors (Lipinski definition) is 3. The van der Waals surface area contributed by atoms with Crippen LogP contribution in [-0.2, 0) is 6.54 Å². The summed E-state index contributed by atoms with van der Waals surface area (Å²) in [6.07, 6.45) is 2.86. The average molecular weight is 485 g/mol. The predicted molar refractivity (Wildman–Crippen MR) is 149 cm³/mol. The van der Waals surface area contributed by atoms with Crippen molar-refractivity contribution < 1.29 is 4.79 Å². The van der Waals surface area contributed by atoms with E-state index in [1.54, 1.807) is 4.68 Å². The second-order valence-electron chi connectivity index (χ2n) is 8.75. The van der Waals surface area contributed by atoms with Crippen molar-refractivity contribution in [2.45, 2.75) is 13.0 Å². The summed E-state index contributed by atoms with van der Waals surface area (Å²) in [6, 6.07) is 40.4. The summed E-state index contributed by atoms with van der Waals surface area (Å²) in [4.78, 5) is 13.3. The number of benzene rings is 4. The standard InChI is InChI=1S/C32H28N4O/c37-32(33-22-21-29(27-17-9-3-10-18-27)23-25-13-5-1-6-14-25)30-31(28-19-11-4-12-20-28)36(35-34-30)24-26-15-7-2-8-16-26/h1-20,23H,21-22,24H2,(H,33,37)/b29-23+. The molecule has 0 saturated carbocycles. The van der Waals surface area contributed by atoms with Crippen LogP contribution in [0.3, 0.4) is 0 Å². The molecule has 0 aliphatic carbocycles. The topological polar surface area (TPSA) is 59.8 Å². The normalized spacial score (nSPS) is 11.3. The Kier molecular flexibility index (Phi) is 7.62. The first kappa shape index (κ1) is 23.9. The van der Waals surface area contributed by atoms with Crippen molar-refractivity contribution in [1.82, 2.24) is 20.3 Å². The van der Waals surface area contributed by atoms with Crippen LogP contribution in [0.1, 0.15) is 33.6 Å². The molecule has 5 nitrogen and oxygen atoms in total. The maximum Gasteiger partial charge on any atom is 0.274 e. The van der Waals surface area contributed by atoms with Gasteiger partial charge in [-0.15, -0.1) is 5.10 Å². The molecule has 182 valence electrons. The lowest BCUT2D eigenvalue weighted by molar-refractivity contribution is 0.0950. The Morgan fingerprint density at radius 3 is 2.03 bits per heavy atom. The largest absolute Gasteiger partial charge is 0.350 e. The van der Waals surface area contributed by atoms with Gasteiger partial charge in [-0.3, -0.25) is 4.79 Å². The molecule has 1 heterocycles. The van der Waals surface area contributed by atoms with Gasteiger partial charge in [0.25, 0.3) is 5.91 Å². The van der Waals surface area contributed by atoms with Crippen LogP contribution >= 0.6 is 0 Å². The minimum atomic E-state index is -0.231. The summed E-state index contributed by atoms with van der Waals surface area (Å²) < 4.78 is 1.80. The van der Waals surface area contributed by atoms with Crippen LogP contribution in [0, 0.1) is 0 Å². The highest BCUT2D eigenvalue weighted by Gasteiger charge is 2.21. The van der Waals surface area contributed by atoms with Gasteiger partial charge in [-0.1, -0.05) is 133 Å². The van der Waals surface area contributed by atoms with Crippen LogP contribution < -0.4 is 5.32 Å². The predicted octanol–water partition coefficient (Wildman–Crippen LogP) is 6.35. The van der Waals surface area contributed by atoms with Crippen molar-refractivity contribution in [3.8, 4) is 11.3 Å². The first-order chi connectivity index (χ1) is 18.3. The van der Waals surface area contributed by atoms with Crippen LogP contribution in [-0.4, -0.2) is 27.4 Å². The van der Waals surface area contributed by atoms with Crippen molar-refractivity contribution in [2.75, 3.05) is 6.54 Å². The molecule has 0 unspecified atom stereocenters. The third kappa shape index (κ3) is 6.08. The first-order valence-electron chi connectivity index (χ1n) is 12.4. The zero-order valence-electron chi connectivity index (χ0n) is 20.5. The van der Waals surface area contributed by atoms with Gasteiger partial charge in [0.2, 0.25) is 0 Å². The fourth-order valence-corrected chi connectivity index (χ4v) is 4.31. The summed E-state index contributed by atoms with van der Waals surface area (Å²) in [6.45, 7) is 1.01. The maximum atomic E-state index is 13.3. The van der Waals surface area contributed by atoms with Gasteiger partial charge in [0.15, 0.2) is 5.69 Å². The summed E-state index contributed by atoms with van der Waals surface area (Å²) in [7, 11) is 0. The number of carbonyl (C=O) groups is 1. The Bertz CT molecular complexity index is 1460. The smallest absolute Gasteiger partial charge is 0.274 e. The quantitative estimate of drug-likeness (QED) is 0.248. The number of carbonyl (C=O) groups excluding carboxylic acids is 1. The highest BCUT2D eigenvalue weighted by atomic mass is 16.2. The van der Waals surface area contributed by atoms with Gasteiger partial charge in [0.05, 0.1) is 6.54 Å². The molecular weight excluding hydrogens is 456 g/mol. The van der Waals surface area contributed by atoms with Gasteiger partial charge < -0.3 is 5.32 Å². The van der Waals surface area contributed by atoms with Crippen LogP contribution in [0.5, 0.6) is 0 Å². The van der Waals surface area contributed by atoms with Crippen molar-refractivity contribution in [2.24, 2.45) is 0 Å². The molecule has 1 amide bonds. The Morgan fingerprint density at radius 2 is 1.35 bits per heavy atom. The van der Waals surface area contributed by atoms with E-state index in [0.29, 0.717) is 30.9 Å². The molecule has 0 aliphatic heterocycles. The second-order valence-corrected chi connectivity index (χ2v) is 8.75. The molecular formula is C32H28N4O. The van der Waals surface area contributed by atoms with E-state index in [1.165, 1.54) is 0 Å². The fourth-order valence-electron chi connectivity index (χ4n) is 4.31. The lowest BCUT2D eigenvalue weighted by Gasteiger charge is -2.11. The fraction of sp³-hybridized carbons (Fsp3) is 0.0938. The summed E-state index contributed by atoms with van der Waals surface area (Å²) in [5.74, 6) is -0.231. The summed E-state index contributed by atoms with van der Waals surface area (Å²) in [5, 5.41) is 11.7. The lowest BCUT2D eigenvalue weighted by atomic mass is 10.00. The summed E-state index contributed by atoms with van der Waals surface area (Å²) in [5.41, 5.74) is 6.46. The van der Waals surface area contributed by atoms with E-state index in [-0.39, 0.29) is 5.91 Å². The van der Waals surface area contributed by atoms with E-state index < -0.39 is 0 Å². The molecule has 0 radical (unpaired) electrons. The number of rotatable bonds is 9. The average Bonchev–Trinajstić information content (AvgIpc) is 3.38. The van der Waals surface area contributed by atoms with Gasteiger partial charge >= 0.3 is 0 Å². The van der Waals surface area contributed by atoms with E-state index in [4.69, 9.17) is 0 Å². The third-order valence-electron chi connectivity index (χ3n) is 6.14. The molecule has 1 aromatic heterocycles. The molecule has 0 atom stereocenters. The number of nitrogens with one attached hydrogen (secondary N) is 1. The van der Waals surface area contributed by atoms with Crippen LogP contribution in [0.15, 0.2) is 121 Å². The van der Waals surface area contributed by atoms with Crippen molar-refractivity contribution >= 4 is 17.6 Å². The zero-order chi connectivity index (χ0) is 25.3. The molecule has 0 aliphatic rings. The second kappa shape index (κ2) is 11.8. The zero-order valence-corrected chi connectivity index (χ0v) is 20.5. The van der Waals surface area contributed by atoms with Gasteiger partial charge in [-0.25, -0.2) is 4.68 Å². The number of aromatic nitrogens is 3. The van der Waals surface area contributed by atoms with Gasteiger partial charge in [-0.2, -0.15) is 0 Å². The molecule has 1 N–H and O–H groups in total. The monoisotopic (exact) mass is 484 g/mol. The lowest BCUT2D eigenvalue weighted by Crippen LogP contribution is -2.25. The molecule has 5 heteroatoms. The molecule has 0 spiro atoms. The first-order valence-corrected chi connectivity index (χ1v) is 12.4. The highest BCUT2D eigenvalue weighted by molar-refractivity contribution is 5.98. The molecule has 5 rings (SSSR count). The minimum Gasteiger partial charge on any atom is -0.350 e. The van der Waals surface area contributed by atoms with Gasteiger partial charge in [0.1, 0.15) is 5.69 Å². The van der Waals surface area contributed by atoms with Gasteiger partial charge in [-0.05, 0) is 28.7 Å². The Labute approximate surface area is 217 Å². The molecule has 0 saturated heterocycles. The molecule has 0 bridgehead atoms. The third-order valence-corrected chi connectivity index (χ3v) is 6.14. The Morgan fingerprint density at radius 1 is 0.757 bits per heavy atom. The van der Waals surface area contributed by atoms with Crippen molar-refractivity contribution in [3.63, 3.8) is 0 Å². The molecule has 37 heavy (non-hydrogen) atoms. The number of amides is 1. The van der Waals surface area contributed by atoms with E-state index in [0.717, 1.165) is 27.8 Å². The van der Waals surface area contributed by atoms with Crippen molar-refractivity contribution in [1.29, 1.82) is 0 Å². The van der Waals surface area contributed by atoms with E-state index in [9.17, 15) is 4.79 Å². The van der Waals surface area contributed by atoms with E-state index in [1.807, 2.05) is 97.1 Å². The molecule has 4 aromatic carbocycles. The Balaban J connectivity index is 1.36. The minimum absolute atomic E-state index is 0.231. The van der Waals surface area contributed by atoms with Gasteiger partial charge in [0, 0.05) is 12.1 Å². The van der Waals surface area contributed by atoms with Crippen LogP contribution in [0.25, 0.3) is 22.9 Å². The van der Waals surface area contributed by atoms with E-state index >= 15 is 0 Å². The highest BCUT2D eigenvalue weighted by Crippen LogP contribution is 2.24. The molecule has 0 fully saturated rings.